The van der Waals surface area contributed by atoms with Crippen LogP contribution < -0.4 is 15.8 Å². The summed E-state index contributed by atoms with van der Waals surface area (Å²) >= 11 is 0. The molecule has 3 N–H and O–H groups in total. The van der Waals surface area contributed by atoms with Crippen LogP contribution in [0.25, 0.3) is 0 Å². The maximum absolute atomic E-state index is 12.0. The minimum atomic E-state index is -4.33. The first-order valence-corrected chi connectivity index (χ1v) is 7.08. The van der Waals surface area contributed by atoms with Crippen LogP contribution in [0, 0.1) is 5.92 Å². The third-order valence-corrected chi connectivity index (χ3v) is 2.79. The fourth-order valence-corrected chi connectivity index (χ4v) is 1.58. The molecule has 0 aliphatic rings. The van der Waals surface area contributed by atoms with Gasteiger partial charge in [-0.15, -0.1) is 0 Å². The predicted octanol–water partition coefficient (Wildman–Crippen LogP) is 3.08. The van der Waals surface area contributed by atoms with E-state index in [2.05, 4.69) is 28.9 Å². The van der Waals surface area contributed by atoms with Gasteiger partial charge in [-0.1, -0.05) is 26.0 Å². The van der Waals surface area contributed by atoms with Crippen LogP contribution in [0.15, 0.2) is 29.3 Å². The van der Waals surface area contributed by atoms with Gasteiger partial charge < -0.3 is 15.8 Å². The van der Waals surface area contributed by atoms with E-state index in [1.54, 1.807) is 12.1 Å². The van der Waals surface area contributed by atoms with Crippen LogP contribution in [0.2, 0.25) is 0 Å². The molecule has 0 saturated heterocycles. The molecule has 0 fully saturated rings. The van der Waals surface area contributed by atoms with Crippen LogP contribution in [-0.2, 0) is 6.54 Å². The van der Waals surface area contributed by atoms with Crippen LogP contribution in [0.4, 0.5) is 13.2 Å². The van der Waals surface area contributed by atoms with Gasteiger partial charge >= 0.3 is 6.18 Å². The van der Waals surface area contributed by atoms with Crippen LogP contribution in [0.5, 0.6) is 5.75 Å². The fraction of sp³-hybridized carbons (Fsp3) is 0.533. The number of hydrogen-bond donors (Lipinski definition) is 2. The second kappa shape index (κ2) is 8.51. The van der Waals surface area contributed by atoms with Crippen molar-refractivity contribution in [3.8, 4) is 5.75 Å². The number of alkyl halides is 3. The maximum atomic E-state index is 12.0. The van der Waals surface area contributed by atoms with Crippen molar-refractivity contribution in [2.75, 3.05) is 13.2 Å². The highest BCUT2D eigenvalue weighted by Crippen LogP contribution is 2.19. The monoisotopic (exact) mass is 317 g/mol. The Bertz CT molecular complexity index is 470. The van der Waals surface area contributed by atoms with Gasteiger partial charge in [-0.25, -0.2) is 4.99 Å². The van der Waals surface area contributed by atoms with E-state index in [1.807, 2.05) is 0 Å². The number of nitrogens with zero attached hydrogens (tertiary/aromatic N) is 1. The van der Waals surface area contributed by atoms with Crippen molar-refractivity contribution >= 4 is 5.96 Å². The minimum Gasteiger partial charge on any atom is -0.484 e. The van der Waals surface area contributed by atoms with Gasteiger partial charge in [0.05, 0.1) is 6.54 Å². The quantitative estimate of drug-likeness (QED) is 0.600. The van der Waals surface area contributed by atoms with E-state index in [-0.39, 0.29) is 5.75 Å². The normalized spacial score (nSPS) is 12.5. The summed E-state index contributed by atoms with van der Waals surface area (Å²) in [6.07, 6.45) is -3.33. The molecule has 0 spiro atoms. The van der Waals surface area contributed by atoms with Crippen LogP contribution in [-0.4, -0.2) is 25.3 Å². The molecule has 0 unspecified atom stereocenters. The second-order valence-electron chi connectivity index (χ2n) is 5.36. The standard InChI is InChI=1S/C15H22F3N3O/c1-11(2)7-8-20-14(19)21-9-12-3-5-13(6-4-12)22-10-15(16,17)18/h3-6,11H,7-10H2,1-2H3,(H3,19,20,21). The molecule has 7 heteroatoms. The van der Waals surface area contributed by atoms with Crippen molar-refractivity contribution in [1.82, 2.24) is 5.32 Å². The summed E-state index contributed by atoms with van der Waals surface area (Å²) < 4.78 is 40.7. The molecule has 0 bridgehead atoms. The highest BCUT2D eigenvalue weighted by Gasteiger charge is 2.28. The number of ether oxygens (including phenoxy) is 1. The Hall–Kier alpha value is -1.92. The average molecular weight is 317 g/mol. The number of nitrogens with one attached hydrogen (secondary N) is 1. The zero-order valence-corrected chi connectivity index (χ0v) is 12.8. The van der Waals surface area contributed by atoms with Crippen molar-refractivity contribution in [3.63, 3.8) is 0 Å². The summed E-state index contributed by atoms with van der Waals surface area (Å²) in [6, 6.07) is 6.30. The average Bonchev–Trinajstić information content (AvgIpc) is 2.43. The van der Waals surface area contributed by atoms with Crippen LogP contribution in [0.1, 0.15) is 25.8 Å². The van der Waals surface area contributed by atoms with Crippen LogP contribution in [0.3, 0.4) is 0 Å². The summed E-state index contributed by atoms with van der Waals surface area (Å²) in [5, 5.41) is 3.01. The largest absolute Gasteiger partial charge is 0.484 e. The molecule has 0 amide bonds. The molecule has 0 saturated carbocycles. The molecule has 124 valence electrons. The lowest BCUT2D eigenvalue weighted by Gasteiger charge is -2.09. The second-order valence-corrected chi connectivity index (χ2v) is 5.36. The van der Waals surface area contributed by atoms with Gasteiger partial charge in [-0.2, -0.15) is 13.2 Å². The predicted molar refractivity (Wildman–Crippen MR) is 80.8 cm³/mol. The number of aliphatic imine (C=N–C) groups is 1. The molecule has 0 heterocycles. The molecular formula is C15H22F3N3O. The van der Waals surface area contributed by atoms with Crippen molar-refractivity contribution < 1.29 is 17.9 Å². The molecule has 0 aliphatic carbocycles. The first-order chi connectivity index (χ1) is 10.3. The highest BCUT2D eigenvalue weighted by atomic mass is 19.4. The van der Waals surface area contributed by atoms with Crippen molar-refractivity contribution in [2.45, 2.75) is 33.0 Å². The van der Waals surface area contributed by atoms with E-state index < -0.39 is 12.8 Å². The minimum absolute atomic E-state index is 0.174. The summed E-state index contributed by atoms with van der Waals surface area (Å²) in [6.45, 7) is 4.07. The molecule has 22 heavy (non-hydrogen) atoms. The first-order valence-electron chi connectivity index (χ1n) is 7.08. The lowest BCUT2D eigenvalue weighted by atomic mass is 10.1. The molecule has 0 aromatic heterocycles. The summed E-state index contributed by atoms with van der Waals surface area (Å²) in [5.74, 6) is 1.12. The van der Waals surface area contributed by atoms with Crippen molar-refractivity contribution in [3.05, 3.63) is 29.8 Å². The van der Waals surface area contributed by atoms with Gasteiger partial charge in [0.15, 0.2) is 12.6 Å². The Morgan fingerprint density at radius 2 is 1.91 bits per heavy atom. The van der Waals surface area contributed by atoms with Crippen molar-refractivity contribution in [1.29, 1.82) is 0 Å². The van der Waals surface area contributed by atoms with Gasteiger partial charge in [0, 0.05) is 6.54 Å². The highest BCUT2D eigenvalue weighted by molar-refractivity contribution is 5.77. The van der Waals surface area contributed by atoms with Gasteiger partial charge in [0.1, 0.15) is 5.75 Å². The van der Waals surface area contributed by atoms with E-state index in [0.29, 0.717) is 18.4 Å². The van der Waals surface area contributed by atoms with E-state index in [0.717, 1.165) is 18.5 Å². The van der Waals surface area contributed by atoms with Gasteiger partial charge in [-0.05, 0) is 30.0 Å². The number of benzene rings is 1. The third-order valence-electron chi connectivity index (χ3n) is 2.79. The molecule has 1 aromatic carbocycles. The molecule has 0 atom stereocenters. The number of hydrogen-bond acceptors (Lipinski definition) is 2. The number of guanidine groups is 1. The Balaban J connectivity index is 2.40. The number of halogens is 3. The molecule has 1 rings (SSSR count). The van der Waals surface area contributed by atoms with E-state index >= 15 is 0 Å². The Labute approximate surface area is 128 Å². The van der Waals surface area contributed by atoms with Crippen molar-refractivity contribution in [2.24, 2.45) is 16.6 Å². The third kappa shape index (κ3) is 8.39. The van der Waals surface area contributed by atoms with Gasteiger partial charge in [0.25, 0.3) is 0 Å². The number of nitrogens with two attached hydrogens (primary N) is 1. The van der Waals surface area contributed by atoms with E-state index in [1.165, 1.54) is 12.1 Å². The zero-order chi connectivity index (χ0) is 16.6. The van der Waals surface area contributed by atoms with E-state index in [4.69, 9.17) is 5.73 Å². The zero-order valence-electron chi connectivity index (χ0n) is 12.8. The lowest BCUT2D eigenvalue weighted by molar-refractivity contribution is -0.153. The summed E-state index contributed by atoms with van der Waals surface area (Å²) in [4.78, 5) is 4.17. The fourth-order valence-electron chi connectivity index (χ4n) is 1.58. The topological polar surface area (TPSA) is 59.6 Å². The molecule has 0 radical (unpaired) electrons. The first kappa shape index (κ1) is 18.1. The Morgan fingerprint density at radius 1 is 1.27 bits per heavy atom. The Morgan fingerprint density at radius 3 is 2.45 bits per heavy atom. The molecule has 1 aromatic rings. The molecule has 0 aliphatic heterocycles. The molecular weight excluding hydrogens is 295 g/mol. The Kier molecular flexibility index (Phi) is 7.01. The van der Waals surface area contributed by atoms with Gasteiger partial charge in [-0.3, -0.25) is 0 Å². The SMILES string of the molecule is CC(C)CCNC(N)=NCc1ccc(OCC(F)(F)F)cc1. The van der Waals surface area contributed by atoms with Gasteiger partial charge in [0.2, 0.25) is 0 Å². The summed E-state index contributed by atoms with van der Waals surface area (Å²) in [5.41, 5.74) is 6.56. The smallest absolute Gasteiger partial charge is 0.422 e. The number of rotatable bonds is 7. The van der Waals surface area contributed by atoms with E-state index in [9.17, 15) is 13.2 Å². The lowest BCUT2D eigenvalue weighted by Crippen LogP contribution is -2.32. The summed E-state index contributed by atoms with van der Waals surface area (Å²) in [7, 11) is 0. The maximum Gasteiger partial charge on any atom is 0.422 e. The van der Waals surface area contributed by atoms with Crippen LogP contribution >= 0.6 is 0 Å². The molecule has 4 nitrogen and oxygen atoms in total.